The largest absolute Gasteiger partial charge is 0.461 e. The molecule has 0 saturated heterocycles. The Hall–Kier alpha value is -4.45. The minimum Gasteiger partial charge on any atom is -0.461 e. The second-order valence-electron chi connectivity index (χ2n) is 7.80. The zero-order chi connectivity index (χ0) is 21.1. The minimum atomic E-state index is -0.0931. The molecular formula is C26H16N4O2. The molecule has 4 heterocycles. The highest BCUT2D eigenvalue weighted by Gasteiger charge is 2.34. The van der Waals surface area contributed by atoms with Crippen LogP contribution < -0.4 is 4.74 Å². The van der Waals surface area contributed by atoms with E-state index in [9.17, 15) is 0 Å². The molecule has 0 amide bonds. The number of rotatable bonds is 2. The van der Waals surface area contributed by atoms with Crippen LogP contribution in [0.4, 0.5) is 0 Å². The van der Waals surface area contributed by atoms with Crippen molar-refractivity contribution in [3.8, 4) is 23.2 Å². The van der Waals surface area contributed by atoms with Gasteiger partial charge in [-0.3, -0.25) is 0 Å². The van der Waals surface area contributed by atoms with Crippen LogP contribution in [-0.2, 0) is 0 Å². The lowest BCUT2D eigenvalue weighted by Crippen LogP contribution is -2.15. The summed E-state index contributed by atoms with van der Waals surface area (Å²) in [7, 11) is 0. The molecule has 0 spiro atoms. The average Bonchev–Trinajstić information content (AvgIpc) is 3.53. The highest BCUT2D eigenvalue weighted by molar-refractivity contribution is 5.91. The minimum absolute atomic E-state index is 0.0931. The number of benzene rings is 3. The number of furan rings is 1. The van der Waals surface area contributed by atoms with Crippen LogP contribution in [0.3, 0.4) is 0 Å². The fraction of sp³-hybridized carbons (Fsp3) is 0.0385. The van der Waals surface area contributed by atoms with Crippen LogP contribution in [0.25, 0.3) is 28.0 Å². The van der Waals surface area contributed by atoms with Gasteiger partial charge in [-0.05, 0) is 23.1 Å². The van der Waals surface area contributed by atoms with E-state index in [-0.39, 0.29) is 5.92 Å². The van der Waals surface area contributed by atoms with Gasteiger partial charge in [0.05, 0.1) is 11.8 Å². The van der Waals surface area contributed by atoms with Crippen LogP contribution in [0.1, 0.15) is 22.6 Å². The Balaban J connectivity index is 1.54. The predicted octanol–water partition coefficient (Wildman–Crippen LogP) is 5.82. The highest BCUT2D eigenvalue weighted by Crippen LogP contribution is 2.50. The van der Waals surface area contributed by atoms with Crippen LogP contribution in [0.15, 0.2) is 95.9 Å². The number of fused-ring (bicyclic) bond motifs is 6. The van der Waals surface area contributed by atoms with Crippen molar-refractivity contribution in [3.63, 3.8) is 0 Å². The van der Waals surface area contributed by atoms with Crippen molar-refractivity contribution in [1.82, 2.24) is 19.6 Å². The Morgan fingerprint density at radius 2 is 1.72 bits per heavy atom. The molecule has 0 fully saturated rings. The number of hydrogen-bond acceptors (Lipinski definition) is 5. The predicted molar refractivity (Wildman–Crippen MR) is 120 cm³/mol. The third-order valence-electron chi connectivity index (χ3n) is 5.97. The van der Waals surface area contributed by atoms with Crippen molar-refractivity contribution < 1.29 is 9.15 Å². The summed E-state index contributed by atoms with van der Waals surface area (Å²) in [6.07, 6.45) is 3.26. The maximum atomic E-state index is 6.43. The summed E-state index contributed by atoms with van der Waals surface area (Å²) in [4.78, 5) is 9.45. The van der Waals surface area contributed by atoms with Crippen molar-refractivity contribution >= 4 is 16.4 Å². The molecule has 0 aliphatic carbocycles. The molecule has 1 aliphatic heterocycles. The zero-order valence-electron chi connectivity index (χ0n) is 16.8. The van der Waals surface area contributed by atoms with E-state index in [1.807, 2.05) is 30.3 Å². The molecule has 6 aromatic rings. The lowest BCUT2D eigenvalue weighted by Gasteiger charge is -2.28. The molecule has 0 saturated carbocycles. The third-order valence-corrected chi connectivity index (χ3v) is 5.97. The Kier molecular flexibility index (Phi) is 3.52. The summed E-state index contributed by atoms with van der Waals surface area (Å²) >= 11 is 0. The average molecular weight is 416 g/mol. The van der Waals surface area contributed by atoms with E-state index in [4.69, 9.17) is 14.1 Å². The van der Waals surface area contributed by atoms with E-state index in [2.05, 4.69) is 58.6 Å². The van der Waals surface area contributed by atoms with Crippen molar-refractivity contribution in [3.05, 3.63) is 108 Å². The lowest BCUT2D eigenvalue weighted by atomic mass is 9.83. The van der Waals surface area contributed by atoms with Gasteiger partial charge in [-0.1, -0.05) is 66.7 Å². The number of nitrogens with zero attached hydrogens (tertiary/aromatic N) is 4. The maximum absolute atomic E-state index is 6.43. The first kappa shape index (κ1) is 17.3. The van der Waals surface area contributed by atoms with Gasteiger partial charge in [0.2, 0.25) is 11.7 Å². The van der Waals surface area contributed by atoms with E-state index in [1.165, 1.54) is 0 Å². The van der Waals surface area contributed by atoms with Gasteiger partial charge in [-0.25, -0.2) is 14.5 Å². The Bertz CT molecular complexity index is 1600. The summed E-state index contributed by atoms with van der Waals surface area (Å²) in [5.41, 5.74) is 3.83. The van der Waals surface area contributed by atoms with E-state index >= 15 is 0 Å². The van der Waals surface area contributed by atoms with Gasteiger partial charge >= 0.3 is 0 Å². The summed E-state index contributed by atoms with van der Waals surface area (Å²) in [5.74, 6) is 2.42. The molecule has 3 aromatic heterocycles. The second-order valence-corrected chi connectivity index (χ2v) is 7.80. The van der Waals surface area contributed by atoms with Crippen molar-refractivity contribution in [2.45, 2.75) is 5.92 Å². The fourth-order valence-electron chi connectivity index (χ4n) is 4.55. The van der Waals surface area contributed by atoms with Crippen molar-refractivity contribution in [1.29, 1.82) is 0 Å². The molecule has 0 bridgehead atoms. The molecule has 0 radical (unpaired) electrons. The fourth-order valence-corrected chi connectivity index (χ4v) is 4.55. The normalized spacial score (nSPS) is 14.8. The molecule has 0 N–H and O–H groups in total. The topological polar surface area (TPSA) is 65.5 Å². The lowest BCUT2D eigenvalue weighted by molar-refractivity contribution is 0.437. The van der Waals surface area contributed by atoms with Crippen molar-refractivity contribution in [2.24, 2.45) is 0 Å². The standard InChI is InChI=1S/C26H16N4O2/c1-2-8-17(9-3-1)21-19-13-12-16-7-4-5-10-18(16)23(19)32-26-22(21)25-28-24(20-11-6-14-31-20)29-30(25)15-27-26/h1-15,21H. The van der Waals surface area contributed by atoms with Gasteiger partial charge in [0.15, 0.2) is 11.4 Å². The van der Waals surface area contributed by atoms with Crippen molar-refractivity contribution in [2.75, 3.05) is 0 Å². The quantitative estimate of drug-likeness (QED) is 0.355. The van der Waals surface area contributed by atoms with Gasteiger partial charge in [0.1, 0.15) is 12.1 Å². The second kappa shape index (κ2) is 6.52. The van der Waals surface area contributed by atoms with Gasteiger partial charge in [0, 0.05) is 16.9 Å². The zero-order valence-corrected chi connectivity index (χ0v) is 16.8. The van der Waals surface area contributed by atoms with Crippen LogP contribution >= 0.6 is 0 Å². The van der Waals surface area contributed by atoms with Crippen LogP contribution in [0, 0.1) is 0 Å². The number of hydrogen-bond donors (Lipinski definition) is 0. The summed E-state index contributed by atoms with van der Waals surface area (Å²) in [5, 5.41) is 6.79. The molecule has 152 valence electrons. The first-order chi connectivity index (χ1) is 15.9. The van der Waals surface area contributed by atoms with Gasteiger partial charge < -0.3 is 9.15 Å². The summed E-state index contributed by atoms with van der Waals surface area (Å²) in [6, 6.07) is 26.6. The smallest absolute Gasteiger partial charge is 0.228 e. The Labute approximate surface area is 182 Å². The van der Waals surface area contributed by atoms with E-state index < -0.39 is 0 Å². The molecule has 1 atom stereocenters. The van der Waals surface area contributed by atoms with E-state index in [0.717, 1.165) is 33.2 Å². The van der Waals surface area contributed by atoms with Gasteiger partial charge in [-0.2, -0.15) is 0 Å². The van der Waals surface area contributed by atoms with Gasteiger partial charge in [0.25, 0.3) is 0 Å². The molecule has 32 heavy (non-hydrogen) atoms. The Morgan fingerprint density at radius 3 is 2.59 bits per heavy atom. The first-order valence-corrected chi connectivity index (χ1v) is 10.4. The molecule has 7 rings (SSSR count). The van der Waals surface area contributed by atoms with Crippen LogP contribution in [-0.4, -0.2) is 19.6 Å². The molecule has 1 aliphatic rings. The molecular weight excluding hydrogens is 400 g/mol. The van der Waals surface area contributed by atoms with E-state index in [1.54, 1.807) is 17.1 Å². The number of aromatic nitrogens is 4. The molecule has 3 aromatic carbocycles. The monoisotopic (exact) mass is 416 g/mol. The molecule has 1 unspecified atom stereocenters. The number of ether oxygens (including phenoxy) is 1. The third kappa shape index (κ3) is 2.43. The van der Waals surface area contributed by atoms with Gasteiger partial charge in [-0.15, -0.1) is 5.10 Å². The first-order valence-electron chi connectivity index (χ1n) is 10.4. The summed E-state index contributed by atoms with van der Waals surface area (Å²) in [6.45, 7) is 0. The summed E-state index contributed by atoms with van der Waals surface area (Å²) < 4.78 is 13.7. The SMILES string of the molecule is c1ccc(C2c3ccc4ccccc4c3Oc3ncn4nc(-c5ccco5)nc4c32)cc1. The molecule has 6 nitrogen and oxygen atoms in total. The van der Waals surface area contributed by atoms with Crippen LogP contribution in [0.5, 0.6) is 11.6 Å². The highest BCUT2D eigenvalue weighted by atomic mass is 16.5. The van der Waals surface area contributed by atoms with Crippen LogP contribution in [0.2, 0.25) is 0 Å². The van der Waals surface area contributed by atoms with E-state index in [0.29, 0.717) is 23.1 Å². The molecule has 6 heteroatoms. The Morgan fingerprint density at radius 1 is 0.844 bits per heavy atom. The maximum Gasteiger partial charge on any atom is 0.228 e.